The summed E-state index contributed by atoms with van der Waals surface area (Å²) in [6.07, 6.45) is 0.944. The number of nitrogens with zero attached hydrogens (tertiary/aromatic N) is 1. The number of hydrogen-bond acceptors (Lipinski definition) is 3. The van der Waals surface area contributed by atoms with Gasteiger partial charge < -0.3 is 16.0 Å². The Kier molecular flexibility index (Phi) is 5.16. The summed E-state index contributed by atoms with van der Waals surface area (Å²) in [5, 5.41) is 2.92. The van der Waals surface area contributed by atoms with Crippen molar-refractivity contribution in [2.75, 3.05) is 32.9 Å². The number of rotatable bonds is 5. The Morgan fingerprint density at radius 3 is 2.56 bits per heavy atom. The van der Waals surface area contributed by atoms with E-state index in [1.165, 1.54) is 0 Å². The van der Waals surface area contributed by atoms with E-state index in [1.54, 1.807) is 6.07 Å². The molecular formula is C14H23N3O. The third kappa shape index (κ3) is 4.04. The van der Waals surface area contributed by atoms with E-state index in [0.29, 0.717) is 17.8 Å². The van der Waals surface area contributed by atoms with Gasteiger partial charge in [-0.25, -0.2) is 0 Å². The molecule has 4 heteroatoms. The number of hydrogen-bond donors (Lipinski definition) is 2. The van der Waals surface area contributed by atoms with Crippen LogP contribution in [0.4, 0.5) is 5.69 Å². The maximum absolute atomic E-state index is 12.0. The van der Waals surface area contributed by atoms with Crippen molar-refractivity contribution in [3.63, 3.8) is 0 Å². The molecule has 1 aromatic rings. The number of benzene rings is 1. The Labute approximate surface area is 109 Å². The summed E-state index contributed by atoms with van der Waals surface area (Å²) in [7, 11) is 4.04. The molecule has 0 fully saturated rings. The zero-order valence-electron chi connectivity index (χ0n) is 11.7. The number of nitrogens with two attached hydrogens (primary N) is 1. The molecule has 0 radical (unpaired) electrons. The van der Waals surface area contributed by atoms with Crippen LogP contribution >= 0.6 is 0 Å². The van der Waals surface area contributed by atoms with E-state index in [-0.39, 0.29) is 5.91 Å². The van der Waals surface area contributed by atoms with Crippen LogP contribution in [0.3, 0.4) is 0 Å². The Morgan fingerprint density at radius 1 is 1.28 bits per heavy atom. The first-order chi connectivity index (χ1) is 8.41. The van der Waals surface area contributed by atoms with Crippen molar-refractivity contribution in [1.82, 2.24) is 10.2 Å². The molecule has 4 nitrogen and oxygen atoms in total. The van der Waals surface area contributed by atoms with Gasteiger partial charge in [0.2, 0.25) is 0 Å². The van der Waals surface area contributed by atoms with E-state index < -0.39 is 0 Å². The molecule has 0 aliphatic carbocycles. The molecule has 0 aromatic heterocycles. The molecule has 0 aliphatic heterocycles. The van der Waals surface area contributed by atoms with Crippen LogP contribution in [0.2, 0.25) is 0 Å². The molecule has 3 N–H and O–H groups in total. The second-order valence-corrected chi connectivity index (χ2v) is 4.94. The van der Waals surface area contributed by atoms with Gasteiger partial charge in [-0.2, -0.15) is 0 Å². The average molecular weight is 249 g/mol. The minimum atomic E-state index is -0.0436. The summed E-state index contributed by atoms with van der Waals surface area (Å²) in [5.41, 5.74) is 9.15. The number of nitrogen functional groups attached to an aromatic ring is 1. The van der Waals surface area contributed by atoms with Crippen LogP contribution in [-0.4, -0.2) is 38.0 Å². The minimum Gasteiger partial charge on any atom is -0.398 e. The van der Waals surface area contributed by atoms with Crippen molar-refractivity contribution < 1.29 is 4.79 Å². The quantitative estimate of drug-likeness (QED) is 0.615. The number of aryl methyl sites for hydroxylation is 2. The fourth-order valence-corrected chi connectivity index (χ4v) is 1.81. The van der Waals surface area contributed by atoms with Crippen molar-refractivity contribution in [3.8, 4) is 0 Å². The van der Waals surface area contributed by atoms with Gasteiger partial charge >= 0.3 is 0 Å². The zero-order chi connectivity index (χ0) is 13.7. The molecule has 1 rings (SSSR count). The molecule has 18 heavy (non-hydrogen) atoms. The van der Waals surface area contributed by atoms with Gasteiger partial charge in [0.25, 0.3) is 5.91 Å². The molecule has 0 unspecified atom stereocenters. The lowest BCUT2D eigenvalue weighted by atomic mass is 10.0. The van der Waals surface area contributed by atoms with E-state index >= 15 is 0 Å². The van der Waals surface area contributed by atoms with Crippen LogP contribution < -0.4 is 11.1 Å². The van der Waals surface area contributed by atoms with Crippen LogP contribution in [0.15, 0.2) is 12.1 Å². The number of amides is 1. The first-order valence-electron chi connectivity index (χ1n) is 6.21. The Bertz CT molecular complexity index is 427. The number of carbonyl (C=O) groups is 1. The lowest BCUT2D eigenvalue weighted by molar-refractivity contribution is 0.0951. The van der Waals surface area contributed by atoms with Crippen LogP contribution in [0.5, 0.6) is 0 Å². The minimum absolute atomic E-state index is 0.0436. The van der Waals surface area contributed by atoms with Gasteiger partial charge in [0, 0.05) is 17.8 Å². The molecule has 0 saturated carbocycles. The van der Waals surface area contributed by atoms with Gasteiger partial charge in [-0.15, -0.1) is 0 Å². The molecule has 1 aromatic carbocycles. The summed E-state index contributed by atoms with van der Waals surface area (Å²) < 4.78 is 0. The summed E-state index contributed by atoms with van der Waals surface area (Å²) >= 11 is 0. The average Bonchev–Trinajstić information content (AvgIpc) is 2.28. The molecule has 1 amide bonds. The second-order valence-electron chi connectivity index (χ2n) is 4.94. The third-order valence-corrected chi connectivity index (χ3v) is 2.93. The Hall–Kier alpha value is -1.55. The zero-order valence-corrected chi connectivity index (χ0v) is 11.7. The van der Waals surface area contributed by atoms with Gasteiger partial charge in [0.05, 0.1) is 0 Å². The highest BCUT2D eigenvalue weighted by atomic mass is 16.1. The Balaban J connectivity index is 2.59. The van der Waals surface area contributed by atoms with Gasteiger partial charge in [0.15, 0.2) is 0 Å². The van der Waals surface area contributed by atoms with Gasteiger partial charge in [-0.05, 0) is 58.1 Å². The second kappa shape index (κ2) is 6.40. The summed E-state index contributed by atoms with van der Waals surface area (Å²) in [5.74, 6) is -0.0436. The lowest BCUT2D eigenvalue weighted by Crippen LogP contribution is -2.27. The van der Waals surface area contributed by atoms with E-state index in [9.17, 15) is 4.79 Å². The fourth-order valence-electron chi connectivity index (χ4n) is 1.81. The maximum Gasteiger partial charge on any atom is 0.251 e. The largest absolute Gasteiger partial charge is 0.398 e. The fraction of sp³-hybridized carbons (Fsp3) is 0.500. The molecule has 0 heterocycles. The van der Waals surface area contributed by atoms with Crippen LogP contribution in [-0.2, 0) is 0 Å². The summed E-state index contributed by atoms with van der Waals surface area (Å²) in [4.78, 5) is 14.1. The summed E-state index contributed by atoms with van der Waals surface area (Å²) in [6.45, 7) is 5.53. The SMILES string of the molecule is Cc1cc(C)c(C(=O)NCCCN(C)C)cc1N. The highest BCUT2D eigenvalue weighted by molar-refractivity contribution is 5.96. The standard InChI is InChI=1S/C14H23N3O/c1-10-8-11(2)13(15)9-12(10)14(18)16-6-5-7-17(3)4/h8-9H,5-7,15H2,1-4H3,(H,16,18). The Morgan fingerprint density at radius 2 is 1.94 bits per heavy atom. The molecule has 100 valence electrons. The molecule has 0 saturated heterocycles. The predicted molar refractivity (Wildman–Crippen MR) is 75.8 cm³/mol. The number of anilines is 1. The van der Waals surface area contributed by atoms with Crippen molar-refractivity contribution in [1.29, 1.82) is 0 Å². The van der Waals surface area contributed by atoms with E-state index in [1.807, 2.05) is 34.0 Å². The molecule has 0 atom stereocenters. The topological polar surface area (TPSA) is 58.4 Å². The van der Waals surface area contributed by atoms with Gasteiger partial charge in [-0.1, -0.05) is 6.07 Å². The van der Waals surface area contributed by atoms with E-state index in [4.69, 9.17) is 5.73 Å². The third-order valence-electron chi connectivity index (χ3n) is 2.93. The van der Waals surface area contributed by atoms with E-state index in [0.717, 1.165) is 24.1 Å². The first kappa shape index (κ1) is 14.5. The smallest absolute Gasteiger partial charge is 0.251 e. The molecule has 0 bridgehead atoms. The van der Waals surface area contributed by atoms with Crippen LogP contribution in [0.25, 0.3) is 0 Å². The number of carbonyl (C=O) groups excluding carboxylic acids is 1. The monoisotopic (exact) mass is 249 g/mol. The normalized spacial score (nSPS) is 10.7. The highest BCUT2D eigenvalue weighted by Crippen LogP contribution is 2.17. The molecular weight excluding hydrogens is 226 g/mol. The molecule has 0 aliphatic rings. The van der Waals surface area contributed by atoms with Crippen molar-refractivity contribution in [2.24, 2.45) is 0 Å². The summed E-state index contributed by atoms with van der Waals surface area (Å²) in [6, 6.07) is 3.70. The highest BCUT2D eigenvalue weighted by Gasteiger charge is 2.10. The van der Waals surface area contributed by atoms with Crippen LogP contribution in [0, 0.1) is 13.8 Å². The van der Waals surface area contributed by atoms with Crippen molar-refractivity contribution in [3.05, 3.63) is 28.8 Å². The first-order valence-corrected chi connectivity index (χ1v) is 6.21. The van der Waals surface area contributed by atoms with Gasteiger partial charge in [-0.3, -0.25) is 4.79 Å². The predicted octanol–water partition coefficient (Wildman–Crippen LogP) is 1.57. The van der Waals surface area contributed by atoms with Gasteiger partial charge in [0.1, 0.15) is 0 Å². The maximum atomic E-state index is 12.0. The van der Waals surface area contributed by atoms with Crippen molar-refractivity contribution >= 4 is 11.6 Å². The lowest BCUT2D eigenvalue weighted by Gasteiger charge is -2.12. The van der Waals surface area contributed by atoms with Crippen LogP contribution in [0.1, 0.15) is 27.9 Å². The number of nitrogens with one attached hydrogen (secondary N) is 1. The van der Waals surface area contributed by atoms with E-state index in [2.05, 4.69) is 10.2 Å². The molecule has 0 spiro atoms. The van der Waals surface area contributed by atoms with Crippen molar-refractivity contribution in [2.45, 2.75) is 20.3 Å².